The molecule has 25 heavy (non-hydrogen) atoms. The Bertz CT molecular complexity index is 808. The first kappa shape index (κ1) is 16.8. The van der Waals surface area contributed by atoms with E-state index in [-0.39, 0.29) is 5.41 Å². The summed E-state index contributed by atoms with van der Waals surface area (Å²) in [7, 11) is 0. The lowest BCUT2D eigenvalue weighted by molar-refractivity contribution is 0.427. The van der Waals surface area contributed by atoms with E-state index in [0.29, 0.717) is 17.4 Å². The third-order valence-electron chi connectivity index (χ3n) is 6.68. The van der Waals surface area contributed by atoms with Gasteiger partial charge in [0.1, 0.15) is 11.5 Å². The molecule has 2 heteroatoms. The monoisotopic (exact) mass is 338 g/mol. The molecule has 2 atom stereocenters. The van der Waals surface area contributed by atoms with E-state index in [4.69, 9.17) is 0 Å². The van der Waals surface area contributed by atoms with Gasteiger partial charge in [-0.3, -0.25) is 0 Å². The van der Waals surface area contributed by atoms with Gasteiger partial charge in [0.2, 0.25) is 0 Å². The first-order valence-corrected chi connectivity index (χ1v) is 10.1. The maximum Gasteiger partial charge on any atom is 0.127 e. The van der Waals surface area contributed by atoms with E-state index in [1.54, 1.807) is 0 Å². The second-order valence-corrected chi connectivity index (χ2v) is 8.53. The van der Waals surface area contributed by atoms with Crippen LogP contribution in [0, 0.1) is 0 Å². The number of benzene rings is 2. The summed E-state index contributed by atoms with van der Waals surface area (Å²) in [6.45, 7) is 4.48. The molecule has 2 unspecified atom stereocenters. The number of phenols is 2. The SMILES string of the molecule is CCCCCCCc1ccc2c(O)c3c(c(O)c2c1)C1CCC3(C)C1. The van der Waals surface area contributed by atoms with E-state index in [2.05, 4.69) is 26.0 Å². The minimum absolute atomic E-state index is 0.0493. The summed E-state index contributed by atoms with van der Waals surface area (Å²) in [4.78, 5) is 0. The molecule has 1 fully saturated rings. The highest BCUT2D eigenvalue weighted by molar-refractivity contribution is 5.97. The number of hydrogen-bond acceptors (Lipinski definition) is 2. The van der Waals surface area contributed by atoms with Gasteiger partial charge < -0.3 is 10.2 Å². The molecule has 4 rings (SSSR count). The molecule has 2 bridgehead atoms. The molecule has 0 amide bonds. The highest BCUT2D eigenvalue weighted by atomic mass is 16.3. The molecule has 2 nitrogen and oxygen atoms in total. The molecular formula is C23H30O2. The molecule has 0 aromatic heterocycles. The summed E-state index contributed by atoms with van der Waals surface area (Å²) in [6, 6.07) is 6.25. The Labute approximate surface area is 150 Å². The van der Waals surface area contributed by atoms with Crippen LogP contribution in [0.15, 0.2) is 18.2 Å². The van der Waals surface area contributed by atoms with Crippen molar-refractivity contribution >= 4 is 10.8 Å². The number of phenolic OH excluding ortho intramolecular Hbond substituents is 2. The summed E-state index contributed by atoms with van der Waals surface area (Å²) < 4.78 is 0. The second-order valence-electron chi connectivity index (χ2n) is 8.53. The Balaban J connectivity index is 1.68. The van der Waals surface area contributed by atoms with E-state index in [0.717, 1.165) is 47.6 Å². The lowest BCUT2D eigenvalue weighted by Gasteiger charge is -2.27. The van der Waals surface area contributed by atoms with Crippen molar-refractivity contribution in [1.29, 1.82) is 0 Å². The number of hydrogen-bond donors (Lipinski definition) is 2. The van der Waals surface area contributed by atoms with Crippen molar-refractivity contribution in [3.8, 4) is 11.5 Å². The fourth-order valence-electron chi connectivity index (χ4n) is 5.33. The van der Waals surface area contributed by atoms with Crippen molar-refractivity contribution in [1.82, 2.24) is 0 Å². The van der Waals surface area contributed by atoms with Crippen LogP contribution in [0.1, 0.15) is 87.8 Å². The van der Waals surface area contributed by atoms with Crippen LogP contribution in [0.3, 0.4) is 0 Å². The molecule has 134 valence electrons. The predicted molar refractivity (Wildman–Crippen MR) is 104 cm³/mol. The van der Waals surface area contributed by atoms with Gasteiger partial charge in [-0.1, -0.05) is 51.7 Å². The van der Waals surface area contributed by atoms with Gasteiger partial charge in [-0.05, 0) is 55.1 Å². The fraction of sp³-hybridized carbons (Fsp3) is 0.565. The third kappa shape index (κ3) is 2.61. The number of aromatic hydroxyl groups is 2. The van der Waals surface area contributed by atoms with Gasteiger partial charge in [-0.15, -0.1) is 0 Å². The van der Waals surface area contributed by atoms with Crippen LogP contribution in [0.5, 0.6) is 11.5 Å². The number of fused-ring (bicyclic) bond motifs is 6. The van der Waals surface area contributed by atoms with Gasteiger partial charge in [0.25, 0.3) is 0 Å². The second kappa shape index (κ2) is 6.23. The first-order chi connectivity index (χ1) is 12.0. The van der Waals surface area contributed by atoms with Crippen molar-refractivity contribution in [2.24, 2.45) is 0 Å². The lowest BCUT2D eigenvalue weighted by atomic mass is 9.78. The minimum Gasteiger partial charge on any atom is -0.507 e. The van der Waals surface area contributed by atoms with Crippen molar-refractivity contribution in [3.63, 3.8) is 0 Å². The first-order valence-electron chi connectivity index (χ1n) is 10.1. The zero-order valence-corrected chi connectivity index (χ0v) is 15.6. The van der Waals surface area contributed by atoms with Gasteiger partial charge in [-0.25, -0.2) is 0 Å². The van der Waals surface area contributed by atoms with Crippen molar-refractivity contribution < 1.29 is 10.2 Å². The quantitative estimate of drug-likeness (QED) is 0.479. The Hall–Kier alpha value is -1.70. The minimum atomic E-state index is 0.0493. The van der Waals surface area contributed by atoms with E-state index >= 15 is 0 Å². The van der Waals surface area contributed by atoms with Gasteiger partial charge in [0, 0.05) is 21.9 Å². The number of rotatable bonds is 6. The molecule has 0 saturated heterocycles. The summed E-state index contributed by atoms with van der Waals surface area (Å²) in [6.07, 6.45) is 10.8. The molecule has 0 aliphatic heterocycles. The zero-order valence-electron chi connectivity index (χ0n) is 15.6. The zero-order chi connectivity index (χ0) is 17.6. The molecule has 0 spiro atoms. The molecule has 2 aromatic rings. The molecule has 0 radical (unpaired) electrons. The van der Waals surface area contributed by atoms with E-state index in [1.807, 2.05) is 6.07 Å². The molecule has 2 aliphatic carbocycles. The number of unbranched alkanes of at least 4 members (excludes halogenated alkanes) is 4. The standard InChI is InChI=1S/C23H30O2/c1-3-4-5-6-7-8-15-9-10-17-18(13-15)21(24)19-16-11-12-23(2,14-16)20(19)22(17)25/h9-10,13,16,24-25H,3-8,11-12,14H2,1-2H3. The largest absolute Gasteiger partial charge is 0.507 e. The predicted octanol–water partition coefficient (Wildman–Crippen LogP) is 6.30. The van der Waals surface area contributed by atoms with Crippen LogP contribution in [0.4, 0.5) is 0 Å². The van der Waals surface area contributed by atoms with Crippen LogP contribution < -0.4 is 0 Å². The van der Waals surface area contributed by atoms with Crippen LogP contribution in [-0.4, -0.2) is 10.2 Å². The summed E-state index contributed by atoms with van der Waals surface area (Å²) in [5.41, 5.74) is 3.39. The van der Waals surface area contributed by atoms with Crippen LogP contribution in [0.25, 0.3) is 10.8 Å². The van der Waals surface area contributed by atoms with Crippen molar-refractivity contribution in [3.05, 3.63) is 34.9 Å². The molecular weight excluding hydrogens is 308 g/mol. The highest BCUT2D eigenvalue weighted by Crippen LogP contribution is 2.63. The Kier molecular flexibility index (Phi) is 4.17. The summed E-state index contributed by atoms with van der Waals surface area (Å²) in [5.74, 6) is 1.28. The Morgan fingerprint density at radius 2 is 1.84 bits per heavy atom. The van der Waals surface area contributed by atoms with Crippen LogP contribution >= 0.6 is 0 Å². The van der Waals surface area contributed by atoms with E-state index in [1.165, 1.54) is 37.7 Å². The fourth-order valence-corrected chi connectivity index (χ4v) is 5.33. The molecule has 2 aromatic carbocycles. The topological polar surface area (TPSA) is 40.5 Å². The summed E-state index contributed by atoms with van der Waals surface area (Å²) in [5, 5.41) is 23.6. The molecule has 2 N–H and O–H groups in total. The van der Waals surface area contributed by atoms with Gasteiger partial charge in [0.05, 0.1) is 0 Å². The smallest absolute Gasteiger partial charge is 0.127 e. The maximum absolute atomic E-state index is 11.0. The van der Waals surface area contributed by atoms with E-state index < -0.39 is 0 Å². The Morgan fingerprint density at radius 3 is 2.64 bits per heavy atom. The maximum atomic E-state index is 11.0. The average Bonchev–Trinajstić information content (AvgIpc) is 3.13. The Morgan fingerprint density at radius 1 is 1.04 bits per heavy atom. The van der Waals surface area contributed by atoms with Gasteiger partial charge in [0.15, 0.2) is 0 Å². The normalized spacial score (nSPS) is 24.2. The van der Waals surface area contributed by atoms with Crippen molar-refractivity contribution in [2.75, 3.05) is 0 Å². The summed E-state index contributed by atoms with van der Waals surface area (Å²) >= 11 is 0. The number of aryl methyl sites for hydroxylation is 1. The van der Waals surface area contributed by atoms with E-state index in [9.17, 15) is 10.2 Å². The van der Waals surface area contributed by atoms with Crippen LogP contribution in [-0.2, 0) is 11.8 Å². The highest BCUT2D eigenvalue weighted by Gasteiger charge is 2.49. The molecule has 0 heterocycles. The molecule has 1 saturated carbocycles. The average molecular weight is 338 g/mol. The van der Waals surface area contributed by atoms with Crippen molar-refractivity contribution in [2.45, 2.75) is 83.0 Å². The molecule has 2 aliphatic rings. The van der Waals surface area contributed by atoms with Gasteiger partial charge in [-0.2, -0.15) is 0 Å². The van der Waals surface area contributed by atoms with Crippen LogP contribution in [0.2, 0.25) is 0 Å². The third-order valence-corrected chi connectivity index (χ3v) is 6.68. The van der Waals surface area contributed by atoms with Gasteiger partial charge >= 0.3 is 0 Å². The lowest BCUT2D eigenvalue weighted by Crippen LogP contribution is -2.16.